The molecule has 2 aromatic rings. The van der Waals surface area contributed by atoms with E-state index < -0.39 is 0 Å². The van der Waals surface area contributed by atoms with Gasteiger partial charge in [-0.1, -0.05) is 6.92 Å². The normalized spacial score (nSPS) is 10.3. The van der Waals surface area contributed by atoms with Crippen molar-refractivity contribution in [1.29, 1.82) is 0 Å². The lowest BCUT2D eigenvalue weighted by Gasteiger charge is -2.12. The number of nitrogens with one attached hydrogen (secondary N) is 1. The number of rotatable bonds is 8. The molecule has 0 aromatic heterocycles. The van der Waals surface area contributed by atoms with Crippen molar-refractivity contribution in [2.45, 2.75) is 20.0 Å². The average Bonchev–Trinajstić information content (AvgIpc) is 2.62. The Hall–Kier alpha value is -2.53. The number of carbonyl (C=O) groups excluding carboxylic acids is 1. The minimum Gasteiger partial charge on any atom is -0.497 e. The highest BCUT2D eigenvalue weighted by Gasteiger charge is 2.11. The maximum Gasteiger partial charge on any atom is 0.255 e. The summed E-state index contributed by atoms with van der Waals surface area (Å²) < 4.78 is 16.0. The summed E-state index contributed by atoms with van der Waals surface area (Å²) in [6.07, 6.45) is 0.944. The van der Waals surface area contributed by atoms with Crippen molar-refractivity contribution in [2.24, 2.45) is 0 Å². The Kier molecular flexibility index (Phi) is 6.63. The van der Waals surface area contributed by atoms with Crippen LogP contribution < -0.4 is 14.8 Å². The van der Waals surface area contributed by atoms with Crippen LogP contribution in [0.2, 0.25) is 0 Å². The molecule has 128 valence electrons. The van der Waals surface area contributed by atoms with Crippen LogP contribution in [-0.4, -0.2) is 26.7 Å². The van der Waals surface area contributed by atoms with E-state index in [9.17, 15) is 4.79 Å². The van der Waals surface area contributed by atoms with E-state index in [1.165, 1.54) is 0 Å². The van der Waals surface area contributed by atoms with Crippen LogP contribution in [0.4, 0.5) is 5.69 Å². The van der Waals surface area contributed by atoms with Gasteiger partial charge in [0.15, 0.2) is 0 Å². The zero-order chi connectivity index (χ0) is 17.4. The lowest BCUT2D eigenvalue weighted by Crippen LogP contribution is -2.12. The summed E-state index contributed by atoms with van der Waals surface area (Å²) in [5.74, 6) is 1.28. The van der Waals surface area contributed by atoms with Crippen LogP contribution in [0.15, 0.2) is 42.5 Å². The summed E-state index contributed by atoms with van der Waals surface area (Å²) in [6.45, 7) is 3.14. The van der Waals surface area contributed by atoms with Gasteiger partial charge >= 0.3 is 0 Å². The smallest absolute Gasteiger partial charge is 0.255 e. The number of benzene rings is 2. The van der Waals surface area contributed by atoms with Crippen LogP contribution in [0, 0.1) is 0 Å². The molecule has 0 aliphatic carbocycles. The molecule has 24 heavy (non-hydrogen) atoms. The molecule has 5 nitrogen and oxygen atoms in total. The fourth-order valence-corrected chi connectivity index (χ4v) is 2.24. The Morgan fingerprint density at radius 2 is 1.79 bits per heavy atom. The molecule has 0 saturated heterocycles. The molecular weight excluding hydrogens is 306 g/mol. The van der Waals surface area contributed by atoms with E-state index in [0.29, 0.717) is 30.2 Å². The van der Waals surface area contributed by atoms with Gasteiger partial charge in [0.05, 0.1) is 20.8 Å². The van der Waals surface area contributed by atoms with E-state index in [1.54, 1.807) is 56.7 Å². The highest BCUT2D eigenvalue weighted by atomic mass is 16.5. The quantitative estimate of drug-likeness (QED) is 0.747. The average molecular weight is 329 g/mol. The van der Waals surface area contributed by atoms with Gasteiger partial charge in [-0.05, 0) is 48.9 Å². The lowest BCUT2D eigenvalue weighted by atomic mass is 10.1. The van der Waals surface area contributed by atoms with Crippen molar-refractivity contribution in [3.05, 3.63) is 53.6 Å². The first kappa shape index (κ1) is 17.8. The van der Waals surface area contributed by atoms with Crippen molar-refractivity contribution < 1.29 is 19.0 Å². The van der Waals surface area contributed by atoms with Crippen molar-refractivity contribution in [1.82, 2.24) is 0 Å². The second kappa shape index (κ2) is 8.93. The maximum atomic E-state index is 12.4. The highest BCUT2D eigenvalue weighted by molar-refractivity contribution is 6.04. The minimum absolute atomic E-state index is 0.181. The molecule has 0 bridgehead atoms. The molecule has 0 radical (unpaired) electrons. The van der Waals surface area contributed by atoms with Gasteiger partial charge < -0.3 is 19.5 Å². The van der Waals surface area contributed by atoms with Crippen LogP contribution >= 0.6 is 0 Å². The first-order valence-electron chi connectivity index (χ1n) is 7.88. The van der Waals surface area contributed by atoms with Crippen LogP contribution in [0.25, 0.3) is 0 Å². The summed E-state index contributed by atoms with van der Waals surface area (Å²) in [5.41, 5.74) is 2.12. The van der Waals surface area contributed by atoms with Gasteiger partial charge in [0, 0.05) is 23.4 Å². The molecule has 2 aromatic carbocycles. The summed E-state index contributed by atoms with van der Waals surface area (Å²) in [4.78, 5) is 12.4. The van der Waals surface area contributed by atoms with Gasteiger partial charge in [0.2, 0.25) is 0 Å². The monoisotopic (exact) mass is 329 g/mol. The molecule has 0 atom stereocenters. The molecule has 0 saturated carbocycles. The Balaban J connectivity index is 2.11. The topological polar surface area (TPSA) is 56.8 Å². The molecule has 1 N–H and O–H groups in total. The van der Waals surface area contributed by atoms with Gasteiger partial charge in [-0.15, -0.1) is 0 Å². The number of ether oxygens (including phenoxy) is 3. The largest absolute Gasteiger partial charge is 0.497 e. The Morgan fingerprint density at radius 1 is 1.04 bits per heavy atom. The van der Waals surface area contributed by atoms with E-state index >= 15 is 0 Å². The standard InChI is InChI=1S/C19H23NO4/c1-4-11-24-13-15-12-14(5-10-18(15)23-3)19(21)20-16-6-8-17(22-2)9-7-16/h5-10,12H,4,11,13H2,1-3H3,(H,20,21). The minimum atomic E-state index is -0.181. The number of anilines is 1. The number of carbonyl (C=O) groups is 1. The zero-order valence-electron chi connectivity index (χ0n) is 14.3. The van der Waals surface area contributed by atoms with Gasteiger partial charge in [-0.2, -0.15) is 0 Å². The van der Waals surface area contributed by atoms with Crippen molar-refractivity contribution in [3.63, 3.8) is 0 Å². The predicted octanol–water partition coefficient (Wildman–Crippen LogP) is 3.88. The van der Waals surface area contributed by atoms with E-state index in [1.807, 2.05) is 0 Å². The number of hydrogen-bond acceptors (Lipinski definition) is 4. The zero-order valence-corrected chi connectivity index (χ0v) is 14.3. The molecular formula is C19H23NO4. The molecule has 0 fully saturated rings. The molecule has 1 amide bonds. The molecule has 2 rings (SSSR count). The Bertz CT molecular complexity index is 668. The highest BCUT2D eigenvalue weighted by Crippen LogP contribution is 2.22. The Labute approximate surface area is 142 Å². The van der Waals surface area contributed by atoms with Crippen molar-refractivity contribution >= 4 is 11.6 Å². The Morgan fingerprint density at radius 3 is 2.42 bits per heavy atom. The summed E-state index contributed by atoms with van der Waals surface area (Å²) in [5, 5.41) is 2.87. The third-order valence-electron chi connectivity index (χ3n) is 3.50. The second-order valence-corrected chi connectivity index (χ2v) is 5.26. The van der Waals surface area contributed by atoms with Crippen LogP contribution in [0.3, 0.4) is 0 Å². The van der Waals surface area contributed by atoms with Gasteiger partial charge in [-0.25, -0.2) is 0 Å². The SMILES string of the molecule is CCCOCc1cc(C(=O)Nc2ccc(OC)cc2)ccc1OC. The summed E-state index contributed by atoms with van der Waals surface area (Å²) >= 11 is 0. The third kappa shape index (κ3) is 4.73. The third-order valence-corrected chi connectivity index (χ3v) is 3.50. The van der Waals surface area contributed by atoms with E-state index in [2.05, 4.69) is 12.2 Å². The van der Waals surface area contributed by atoms with E-state index in [4.69, 9.17) is 14.2 Å². The molecule has 0 spiro atoms. The predicted molar refractivity (Wildman–Crippen MR) is 93.9 cm³/mol. The maximum absolute atomic E-state index is 12.4. The number of amides is 1. The lowest BCUT2D eigenvalue weighted by molar-refractivity contribution is 0.102. The van der Waals surface area contributed by atoms with Crippen LogP contribution in [0.5, 0.6) is 11.5 Å². The summed E-state index contributed by atoms with van der Waals surface area (Å²) in [7, 11) is 3.21. The van der Waals surface area contributed by atoms with Gasteiger partial charge in [0.1, 0.15) is 11.5 Å². The van der Waals surface area contributed by atoms with E-state index in [-0.39, 0.29) is 5.91 Å². The van der Waals surface area contributed by atoms with Crippen LogP contribution in [-0.2, 0) is 11.3 Å². The fraction of sp³-hybridized carbons (Fsp3) is 0.316. The molecule has 0 unspecified atom stereocenters. The number of hydrogen-bond donors (Lipinski definition) is 1. The van der Waals surface area contributed by atoms with E-state index in [0.717, 1.165) is 17.7 Å². The molecule has 0 aliphatic rings. The van der Waals surface area contributed by atoms with Crippen molar-refractivity contribution in [3.8, 4) is 11.5 Å². The first-order chi connectivity index (χ1) is 11.7. The summed E-state index contributed by atoms with van der Waals surface area (Å²) in [6, 6.07) is 12.5. The van der Waals surface area contributed by atoms with Crippen molar-refractivity contribution in [2.75, 3.05) is 26.1 Å². The van der Waals surface area contributed by atoms with Gasteiger partial charge in [0.25, 0.3) is 5.91 Å². The van der Waals surface area contributed by atoms with Gasteiger partial charge in [-0.3, -0.25) is 4.79 Å². The second-order valence-electron chi connectivity index (χ2n) is 5.26. The fourth-order valence-electron chi connectivity index (χ4n) is 2.24. The molecule has 0 aliphatic heterocycles. The molecule has 5 heteroatoms. The first-order valence-corrected chi connectivity index (χ1v) is 7.88. The molecule has 0 heterocycles. The number of methoxy groups -OCH3 is 2. The van der Waals surface area contributed by atoms with Crippen LogP contribution in [0.1, 0.15) is 29.3 Å².